The summed E-state index contributed by atoms with van der Waals surface area (Å²) in [4.78, 5) is 12.6. The van der Waals surface area contributed by atoms with Gasteiger partial charge >= 0.3 is 0 Å². The third-order valence-corrected chi connectivity index (χ3v) is 3.09. The van der Waals surface area contributed by atoms with E-state index in [9.17, 15) is 0 Å². The second kappa shape index (κ2) is 8.61. The van der Waals surface area contributed by atoms with Crippen LogP contribution in [-0.2, 0) is 13.0 Å². The van der Waals surface area contributed by atoms with Crippen molar-refractivity contribution in [1.29, 1.82) is 0 Å². The standard InChI is InChI=1S/C16H21N5O/c1-17-16(20-10-7-14-5-3-4-8-18-14)21-12-13-6-9-19-15(11-13)22-2/h3-6,8-9,11H,7,10,12H2,1-2H3,(H2,17,20,21). The number of aromatic nitrogens is 2. The summed E-state index contributed by atoms with van der Waals surface area (Å²) in [7, 11) is 3.36. The predicted molar refractivity (Wildman–Crippen MR) is 86.9 cm³/mol. The van der Waals surface area contributed by atoms with Crippen LogP contribution < -0.4 is 15.4 Å². The first-order chi connectivity index (χ1) is 10.8. The maximum Gasteiger partial charge on any atom is 0.213 e. The van der Waals surface area contributed by atoms with Gasteiger partial charge in [0.25, 0.3) is 0 Å². The monoisotopic (exact) mass is 299 g/mol. The second-order valence-corrected chi connectivity index (χ2v) is 4.63. The van der Waals surface area contributed by atoms with Crippen molar-refractivity contribution in [1.82, 2.24) is 20.6 Å². The van der Waals surface area contributed by atoms with Gasteiger partial charge in [0.15, 0.2) is 5.96 Å². The van der Waals surface area contributed by atoms with Gasteiger partial charge in [0.2, 0.25) is 5.88 Å². The average molecular weight is 299 g/mol. The van der Waals surface area contributed by atoms with Crippen LogP contribution in [0.25, 0.3) is 0 Å². The molecule has 6 heteroatoms. The number of rotatable bonds is 6. The molecular formula is C16H21N5O. The van der Waals surface area contributed by atoms with Gasteiger partial charge in [-0.3, -0.25) is 9.98 Å². The number of hydrogen-bond acceptors (Lipinski definition) is 4. The van der Waals surface area contributed by atoms with Gasteiger partial charge < -0.3 is 15.4 Å². The zero-order valence-electron chi connectivity index (χ0n) is 12.9. The highest BCUT2D eigenvalue weighted by Gasteiger charge is 2.00. The van der Waals surface area contributed by atoms with Gasteiger partial charge in [0.05, 0.1) is 7.11 Å². The zero-order chi connectivity index (χ0) is 15.6. The molecule has 2 N–H and O–H groups in total. The Bertz CT molecular complexity index is 600. The largest absolute Gasteiger partial charge is 0.481 e. The molecule has 2 aromatic rings. The topological polar surface area (TPSA) is 71.4 Å². The Balaban J connectivity index is 1.77. The molecule has 0 saturated heterocycles. The molecular weight excluding hydrogens is 278 g/mol. The Kier molecular flexibility index (Phi) is 6.17. The molecule has 2 aromatic heterocycles. The molecule has 0 saturated carbocycles. The van der Waals surface area contributed by atoms with E-state index in [0.29, 0.717) is 12.4 Å². The summed E-state index contributed by atoms with van der Waals surface area (Å²) in [6.07, 6.45) is 4.39. The lowest BCUT2D eigenvalue weighted by atomic mass is 10.2. The molecule has 22 heavy (non-hydrogen) atoms. The lowest BCUT2D eigenvalue weighted by Crippen LogP contribution is -2.37. The normalized spacial score (nSPS) is 11.1. The quantitative estimate of drug-likeness (QED) is 0.623. The minimum absolute atomic E-state index is 0.609. The average Bonchev–Trinajstić information content (AvgIpc) is 2.59. The van der Waals surface area contributed by atoms with Gasteiger partial charge in [-0.1, -0.05) is 6.07 Å². The summed E-state index contributed by atoms with van der Waals surface area (Å²) in [5, 5.41) is 6.53. The van der Waals surface area contributed by atoms with E-state index in [-0.39, 0.29) is 0 Å². The molecule has 0 unspecified atom stereocenters. The zero-order valence-corrected chi connectivity index (χ0v) is 12.9. The first kappa shape index (κ1) is 15.8. The second-order valence-electron chi connectivity index (χ2n) is 4.63. The first-order valence-corrected chi connectivity index (χ1v) is 7.15. The molecule has 0 spiro atoms. The fraction of sp³-hybridized carbons (Fsp3) is 0.312. The van der Waals surface area contributed by atoms with Crippen molar-refractivity contribution < 1.29 is 4.74 Å². The van der Waals surface area contributed by atoms with Crippen LogP contribution in [0.5, 0.6) is 5.88 Å². The van der Waals surface area contributed by atoms with Crippen LogP contribution in [0.4, 0.5) is 0 Å². The Morgan fingerprint density at radius 2 is 2.09 bits per heavy atom. The number of methoxy groups -OCH3 is 1. The van der Waals surface area contributed by atoms with E-state index in [0.717, 1.165) is 30.2 Å². The summed E-state index contributed by atoms with van der Waals surface area (Å²) in [6, 6.07) is 9.76. The molecule has 0 amide bonds. The van der Waals surface area contributed by atoms with Crippen molar-refractivity contribution in [2.45, 2.75) is 13.0 Å². The highest BCUT2D eigenvalue weighted by atomic mass is 16.5. The summed E-state index contributed by atoms with van der Waals surface area (Å²) < 4.78 is 5.11. The van der Waals surface area contributed by atoms with Crippen LogP contribution in [0, 0.1) is 0 Å². The number of guanidine groups is 1. The van der Waals surface area contributed by atoms with Crippen LogP contribution in [0.2, 0.25) is 0 Å². The molecule has 0 fully saturated rings. The molecule has 0 radical (unpaired) electrons. The van der Waals surface area contributed by atoms with Crippen LogP contribution >= 0.6 is 0 Å². The number of nitrogens with one attached hydrogen (secondary N) is 2. The smallest absolute Gasteiger partial charge is 0.213 e. The van der Waals surface area contributed by atoms with Crippen molar-refractivity contribution in [2.24, 2.45) is 4.99 Å². The molecule has 0 aliphatic carbocycles. The molecule has 6 nitrogen and oxygen atoms in total. The molecule has 116 valence electrons. The van der Waals surface area contributed by atoms with Crippen molar-refractivity contribution in [3.8, 4) is 5.88 Å². The van der Waals surface area contributed by atoms with Gasteiger partial charge in [0.1, 0.15) is 0 Å². The van der Waals surface area contributed by atoms with E-state index in [1.807, 2.05) is 30.3 Å². The predicted octanol–water partition coefficient (Wildman–Crippen LogP) is 1.39. The SMILES string of the molecule is CN=C(NCCc1ccccn1)NCc1ccnc(OC)c1. The maximum atomic E-state index is 5.11. The van der Waals surface area contributed by atoms with Gasteiger partial charge in [-0.15, -0.1) is 0 Å². The van der Waals surface area contributed by atoms with Crippen molar-refractivity contribution in [3.63, 3.8) is 0 Å². The highest BCUT2D eigenvalue weighted by molar-refractivity contribution is 5.79. The molecule has 0 aliphatic heterocycles. The molecule has 0 bridgehead atoms. The Hall–Kier alpha value is -2.63. The number of ether oxygens (including phenoxy) is 1. The summed E-state index contributed by atoms with van der Waals surface area (Å²) in [5.74, 6) is 1.36. The first-order valence-electron chi connectivity index (χ1n) is 7.15. The third kappa shape index (κ3) is 5.05. The Labute approximate surface area is 130 Å². The number of hydrogen-bond donors (Lipinski definition) is 2. The molecule has 2 heterocycles. The van der Waals surface area contributed by atoms with Crippen molar-refractivity contribution >= 4 is 5.96 Å². The fourth-order valence-electron chi connectivity index (χ4n) is 1.93. The van der Waals surface area contributed by atoms with Gasteiger partial charge in [-0.25, -0.2) is 4.98 Å². The number of pyridine rings is 2. The van der Waals surface area contributed by atoms with Crippen LogP contribution in [0.15, 0.2) is 47.7 Å². The van der Waals surface area contributed by atoms with Crippen molar-refractivity contribution in [3.05, 3.63) is 54.0 Å². The summed E-state index contributed by atoms with van der Waals surface area (Å²) in [6.45, 7) is 1.43. The van der Waals surface area contributed by atoms with Crippen LogP contribution in [0.1, 0.15) is 11.3 Å². The van der Waals surface area contributed by atoms with E-state index in [2.05, 4.69) is 25.6 Å². The van der Waals surface area contributed by atoms with E-state index >= 15 is 0 Å². The van der Waals surface area contributed by atoms with Gasteiger partial charge in [-0.2, -0.15) is 0 Å². The molecule has 0 atom stereocenters. The highest BCUT2D eigenvalue weighted by Crippen LogP contribution is 2.07. The molecule has 2 rings (SSSR count). The van der Waals surface area contributed by atoms with Crippen LogP contribution in [-0.4, -0.2) is 36.6 Å². The molecule has 0 aromatic carbocycles. The lowest BCUT2D eigenvalue weighted by molar-refractivity contribution is 0.397. The number of nitrogens with zero attached hydrogens (tertiary/aromatic N) is 3. The Morgan fingerprint density at radius 3 is 2.82 bits per heavy atom. The van der Waals surface area contributed by atoms with E-state index in [4.69, 9.17) is 4.74 Å². The minimum Gasteiger partial charge on any atom is -0.481 e. The van der Waals surface area contributed by atoms with Crippen molar-refractivity contribution in [2.75, 3.05) is 20.7 Å². The number of aliphatic imine (C=N–C) groups is 1. The van der Waals surface area contributed by atoms with Gasteiger partial charge in [0, 0.05) is 50.7 Å². The Morgan fingerprint density at radius 1 is 1.18 bits per heavy atom. The van der Waals surface area contributed by atoms with Crippen LogP contribution in [0.3, 0.4) is 0 Å². The van der Waals surface area contributed by atoms with E-state index in [1.165, 1.54) is 0 Å². The van der Waals surface area contributed by atoms with E-state index in [1.54, 1.807) is 26.6 Å². The van der Waals surface area contributed by atoms with Gasteiger partial charge in [-0.05, 0) is 23.8 Å². The molecule has 0 aliphatic rings. The third-order valence-electron chi connectivity index (χ3n) is 3.09. The van der Waals surface area contributed by atoms with E-state index < -0.39 is 0 Å². The fourth-order valence-corrected chi connectivity index (χ4v) is 1.93. The minimum atomic E-state index is 0.609. The summed E-state index contributed by atoms with van der Waals surface area (Å²) >= 11 is 0. The maximum absolute atomic E-state index is 5.11. The lowest BCUT2D eigenvalue weighted by Gasteiger charge is -2.12. The summed E-state index contributed by atoms with van der Waals surface area (Å²) in [5.41, 5.74) is 2.14.